The molecule has 0 saturated carbocycles. The third-order valence-electron chi connectivity index (χ3n) is 4.13. The van der Waals surface area contributed by atoms with Gasteiger partial charge >= 0.3 is 0 Å². The smallest absolute Gasteiger partial charge is 0.263 e. The van der Waals surface area contributed by atoms with E-state index in [1.807, 2.05) is 19.0 Å². The molecule has 0 bridgehead atoms. The van der Waals surface area contributed by atoms with E-state index in [-0.39, 0.29) is 23.1 Å². The molecule has 0 spiro atoms. The van der Waals surface area contributed by atoms with Gasteiger partial charge in [0.25, 0.3) is 11.5 Å². The molecule has 2 aromatic rings. The standard InChI is InChI=1S/C17H21N5O3/c1-20(2)14-9-18-10-15(19-14)25-12-6-8-22(11-12)17(24)13-5-4-7-21(3)16(13)23/h4-5,7,9-10,12H,6,8,11H2,1-3H3. The third-order valence-corrected chi connectivity index (χ3v) is 4.13. The Morgan fingerprint density at radius 2 is 2.16 bits per heavy atom. The van der Waals surface area contributed by atoms with Gasteiger partial charge in [-0.1, -0.05) is 0 Å². The summed E-state index contributed by atoms with van der Waals surface area (Å²) in [6.45, 7) is 0.965. The lowest BCUT2D eigenvalue weighted by molar-refractivity contribution is 0.0768. The number of carbonyl (C=O) groups excluding carboxylic acids is 1. The Balaban J connectivity index is 1.67. The minimum Gasteiger partial charge on any atom is -0.471 e. The van der Waals surface area contributed by atoms with E-state index in [1.54, 1.807) is 42.7 Å². The van der Waals surface area contributed by atoms with Crippen LogP contribution in [0.5, 0.6) is 5.88 Å². The maximum absolute atomic E-state index is 12.6. The Kier molecular flexibility index (Phi) is 4.69. The Morgan fingerprint density at radius 1 is 1.36 bits per heavy atom. The van der Waals surface area contributed by atoms with Crippen molar-refractivity contribution in [2.75, 3.05) is 32.1 Å². The number of pyridine rings is 1. The number of anilines is 1. The van der Waals surface area contributed by atoms with E-state index in [1.165, 1.54) is 4.57 Å². The molecular formula is C17H21N5O3. The first-order valence-corrected chi connectivity index (χ1v) is 8.06. The van der Waals surface area contributed by atoms with Crippen molar-refractivity contribution in [3.63, 3.8) is 0 Å². The molecule has 132 valence electrons. The van der Waals surface area contributed by atoms with Crippen LogP contribution in [0.1, 0.15) is 16.8 Å². The second-order valence-corrected chi connectivity index (χ2v) is 6.23. The molecule has 0 N–H and O–H groups in total. The summed E-state index contributed by atoms with van der Waals surface area (Å²) in [5, 5.41) is 0. The fraction of sp³-hybridized carbons (Fsp3) is 0.412. The molecule has 0 aliphatic carbocycles. The van der Waals surface area contributed by atoms with Crippen LogP contribution in [0.4, 0.5) is 5.82 Å². The second-order valence-electron chi connectivity index (χ2n) is 6.23. The van der Waals surface area contributed by atoms with Crippen molar-refractivity contribution in [3.05, 3.63) is 46.6 Å². The summed E-state index contributed by atoms with van der Waals surface area (Å²) in [7, 11) is 5.39. The van der Waals surface area contributed by atoms with Crippen LogP contribution in [0.15, 0.2) is 35.5 Å². The average Bonchev–Trinajstić information content (AvgIpc) is 3.05. The van der Waals surface area contributed by atoms with E-state index in [9.17, 15) is 9.59 Å². The summed E-state index contributed by atoms with van der Waals surface area (Å²) < 4.78 is 7.26. The number of ether oxygens (including phenoxy) is 1. The second kappa shape index (κ2) is 6.92. The number of carbonyl (C=O) groups is 1. The van der Waals surface area contributed by atoms with Crippen molar-refractivity contribution < 1.29 is 9.53 Å². The van der Waals surface area contributed by atoms with Crippen LogP contribution in [-0.4, -0.2) is 58.6 Å². The highest BCUT2D eigenvalue weighted by molar-refractivity contribution is 5.94. The summed E-state index contributed by atoms with van der Waals surface area (Å²) in [5.74, 6) is 0.873. The predicted octanol–water partition coefficient (Wildman–Crippen LogP) is 0.535. The number of aryl methyl sites for hydroxylation is 1. The molecule has 1 unspecified atom stereocenters. The topological polar surface area (TPSA) is 80.6 Å². The molecule has 0 aromatic carbocycles. The summed E-state index contributed by atoms with van der Waals surface area (Å²) in [6.07, 6.45) is 5.37. The number of hydrogen-bond donors (Lipinski definition) is 0. The van der Waals surface area contributed by atoms with Gasteiger partial charge in [0, 0.05) is 40.3 Å². The van der Waals surface area contributed by atoms with Crippen molar-refractivity contribution in [3.8, 4) is 5.88 Å². The molecule has 1 atom stereocenters. The highest BCUT2D eigenvalue weighted by Gasteiger charge is 2.30. The van der Waals surface area contributed by atoms with E-state index in [4.69, 9.17) is 4.74 Å². The Bertz CT molecular complexity index is 833. The molecule has 3 rings (SSSR count). The molecule has 8 heteroatoms. The van der Waals surface area contributed by atoms with Crippen LogP contribution < -0.4 is 15.2 Å². The van der Waals surface area contributed by atoms with Crippen LogP contribution >= 0.6 is 0 Å². The lowest BCUT2D eigenvalue weighted by Crippen LogP contribution is -2.35. The van der Waals surface area contributed by atoms with Gasteiger partial charge in [-0.3, -0.25) is 14.6 Å². The fourth-order valence-electron chi connectivity index (χ4n) is 2.72. The molecule has 1 saturated heterocycles. The minimum absolute atomic E-state index is 0.164. The molecule has 1 aliphatic rings. The number of nitrogens with zero attached hydrogens (tertiary/aromatic N) is 5. The SMILES string of the molecule is CN(C)c1cncc(OC2CCN(C(=O)c3cccn(C)c3=O)C2)n1. The van der Waals surface area contributed by atoms with Gasteiger partial charge in [0.15, 0.2) is 5.82 Å². The van der Waals surface area contributed by atoms with Gasteiger partial charge in [-0.2, -0.15) is 4.98 Å². The van der Waals surface area contributed by atoms with Gasteiger partial charge in [0.05, 0.1) is 18.9 Å². The molecule has 25 heavy (non-hydrogen) atoms. The zero-order valence-electron chi connectivity index (χ0n) is 14.5. The van der Waals surface area contributed by atoms with Gasteiger partial charge in [-0.05, 0) is 12.1 Å². The lowest BCUT2D eigenvalue weighted by atomic mass is 10.2. The van der Waals surface area contributed by atoms with E-state index in [2.05, 4.69) is 9.97 Å². The van der Waals surface area contributed by atoms with Crippen molar-refractivity contribution in [1.29, 1.82) is 0 Å². The first-order chi connectivity index (χ1) is 12.0. The van der Waals surface area contributed by atoms with E-state index < -0.39 is 0 Å². The molecular weight excluding hydrogens is 322 g/mol. The van der Waals surface area contributed by atoms with Crippen LogP contribution in [0.3, 0.4) is 0 Å². The van der Waals surface area contributed by atoms with E-state index in [0.29, 0.717) is 31.2 Å². The molecule has 2 aromatic heterocycles. The van der Waals surface area contributed by atoms with Crippen molar-refractivity contribution in [2.45, 2.75) is 12.5 Å². The quantitative estimate of drug-likeness (QED) is 0.806. The van der Waals surface area contributed by atoms with E-state index >= 15 is 0 Å². The highest BCUT2D eigenvalue weighted by atomic mass is 16.5. The summed E-state index contributed by atoms with van der Waals surface area (Å²) in [4.78, 5) is 36.7. The van der Waals surface area contributed by atoms with Crippen LogP contribution in [0.2, 0.25) is 0 Å². The third kappa shape index (κ3) is 3.62. The maximum atomic E-state index is 12.6. The van der Waals surface area contributed by atoms with Crippen molar-refractivity contribution >= 4 is 11.7 Å². The van der Waals surface area contributed by atoms with Gasteiger partial charge in [-0.15, -0.1) is 0 Å². The zero-order valence-corrected chi connectivity index (χ0v) is 14.5. The molecule has 8 nitrogen and oxygen atoms in total. The van der Waals surface area contributed by atoms with Gasteiger partial charge in [0.1, 0.15) is 11.7 Å². The number of rotatable bonds is 4. The first-order valence-electron chi connectivity index (χ1n) is 8.06. The number of hydrogen-bond acceptors (Lipinski definition) is 6. The van der Waals surface area contributed by atoms with Gasteiger partial charge in [-0.25, -0.2) is 0 Å². The molecule has 1 amide bonds. The Morgan fingerprint density at radius 3 is 2.92 bits per heavy atom. The number of likely N-dealkylation sites (tertiary alicyclic amines) is 1. The summed E-state index contributed by atoms with van der Waals surface area (Å²) >= 11 is 0. The number of amides is 1. The highest BCUT2D eigenvalue weighted by Crippen LogP contribution is 2.19. The van der Waals surface area contributed by atoms with E-state index in [0.717, 1.165) is 0 Å². The Labute approximate surface area is 145 Å². The molecule has 1 fully saturated rings. The maximum Gasteiger partial charge on any atom is 0.263 e. The van der Waals surface area contributed by atoms with Crippen LogP contribution in [0, 0.1) is 0 Å². The predicted molar refractivity (Wildman–Crippen MR) is 93.0 cm³/mol. The largest absolute Gasteiger partial charge is 0.471 e. The summed E-state index contributed by atoms with van der Waals surface area (Å²) in [5.41, 5.74) is -0.110. The normalized spacial score (nSPS) is 16.8. The van der Waals surface area contributed by atoms with Crippen LogP contribution in [-0.2, 0) is 7.05 Å². The minimum atomic E-state index is -0.290. The zero-order chi connectivity index (χ0) is 18.0. The average molecular weight is 343 g/mol. The molecule has 0 radical (unpaired) electrons. The monoisotopic (exact) mass is 343 g/mol. The fourth-order valence-corrected chi connectivity index (χ4v) is 2.72. The molecule has 1 aliphatic heterocycles. The number of aromatic nitrogens is 3. The van der Waals surface area contributed by atoms with Gasteiger partial charge in [0.2, 0.25) is 5.88 Å². The van der Waals surface area contributed by atoms with Crippen molar-refractivity contribution in [2.24, 2.45) is 7.05 Å². The first kappa shape index (κ1) is 16.9. The van der Waals surface area contributed by atoms with Crippen molar-refractivity contribution in [1.82, 2.24) is 19.4 Å². The van der Waals surface area contributed by atoms with Crippen LogP contribution in [0.25, 0.3) is 0 Å². The van der Waals surface area contributed by atoms with Gasteiger partial charge < -0.3 is 19.1 Å². The molecule has 3 heterocycles. The lowest BCUT2D eigenvalue weighted by Gasteiger charge is -2.17. The summed E-state index contributed by atoms with van der Waals surface area (Å²) in [6, 6.07) is 3.26. The Hall–Kier alpha value is -2.90.